The fourth-order valence-electron chi connectivity index (χ4n) is 4.58. The second kappa shape index (κ2) is 8.08. The maximum absolute atomic E-state index is 14.9. The Morgan fingerprint density at radius 3 is 2.71 bits per heavy atom. The fraction of sp³-hybridized carbons (Fsp3) is 0.273. The molecule has 2 aliphatic rings. The molecule has 2 N–H and O–H groups in total. The summed E-state index contributed by atoms with van der Waals surface area (Å²) < 4.78 is 53.1. The van der Waals surface area contributed by atoms with Gasteiger partial charge in [-0.15, -0.1) is 0 Å². The first-order valence-corrected chi connectivity index (χ1v) is 10.7. The van der Waals surface area contributed by atoms with Crippen LogP contribution in [0.25, 0.3) is 11.1 Å². The summed E-state index contributed by atoms with van der Waals surface area (Å²) in [5.41, 5.74) is 0.192. The van der Waals surface area contributed by atoms with Gasteiger partial charge in [-0.05, 0) is 43.0 Å². The number of amides is 2. The lowest BCUT2D eigenvalue weighted by Gasteiger charge is -2.35. The van der Waals surface area contributed by atoms with E-state index in [0.717, 1.165) is 30.0 Å². The maximum atomic E-state index is 14.9. The van der Waals surface area contributed by atoms with Crippen LogP contribution in [-0.2, 0) is 12.6 Å². The van der Waals surface area contributed by atoms with Crippen LogP contribution >= 0.6 is 11.6 Å². The summed E-state index contributed by atoms with van der Waals surface area (Å²) in [5.74, 6) is -0.806. The van der Waals surface area contributed by atoms with E-state index < -0.39 is 23.7 Å². The average molecular weight is 494 g/mol. The molecule has 2 atom stereocenters. The highest BCUT2D eigenvalue weighted by Crippen LogP contribution is 2.43. The molecule has 0 saturated carbocycles. The van der Waals surface area contributed by atoms with Gasteiger partial charge in [0.05, 0.1) is 22.4 Å². The number of urea groups is 1. The van der Waals surface area contributed by atoms with E-state index in [9.17, 15) is 27.2 Å². The smallest absolute Gasteiger partial charge is 0.313 e. The predicted octanol–water partition coefficient (Wildman–Crippen LogP) is 4.94. The minimum absolute atomic E-state index is 0.0319. The third kappa shape index (κ3) is 3.89. The third-order valence-corrected chi connectivity index (χ3v) is 6.41. The molecule has 1 unspecified atom stereocenters. The number of carbonyl (C=O) groups is 1. The van der Waals surface area contributed by atoms with Gasteiger partial charge in [0.1, 0.15) is 11.5 Å². The molecule has 1 fully saturated rings. The summed E-state index contributed by atoms with van der Waals surface area (Å²) in [5, 5.41) is 9.06. The molecule has 0 aliphatic carbocycles. The zero-order valence-electron chi connectivity index (χ0n) is 17.3. The zero-order chi connectivity index (χ0) is 24.2. The fourth-order valence-corrected chi connectivity index (χ4v) is 4.85. The minimum Gasteiger partial charge on any atom is -0.313 e. The number of hydrogen-bond acceptors (Lipinski definition) is 4. The van der Waals surface area contributed by atoms with Crippen LogP contribution in [0.2, 0.25) is 5.02 Å². The lowest BCUT2D eigenvalue weighted by atomic mass is 9.99. The Labute approximate surface area is 194 Å². The summed E-state index contributed by atoms with van der Waals surface area (Å²) in [7, 11) is 0. The van der Waals surface area contributed by atoms with Crippen molar-refractivity contribution in [2.24, 2.45) is 0 Å². The van der Waals surface area contributed by atoms with Crippen LogP contribution < -0.4 is 10.9 Å². The number of fused-ring (bicyclic) bond motifs is 4. The van der Waals surface area contributed by atoms with Gasteiger partial charge in [-0.1, -0.05) is 17.7 Å². The number of hydrogen-bond donors (Lipinski definition) is 2. The van der Waals surface area contributed by atoms with Crippen LogP contribution in [0.5, 0.6) is 0 Å². The standard InChI is InChI=1S/C22H16ClF4N5O2/c23-14-8-16(15(24)7-13(14)10-1-4-18(28-9-10)22(25,26)27)29-21(34)32-12-2-3-17(32)20-11(5-12)6-19(33)30-31-20/h1,4,6-9,12,17H,2-3,5H2,(H,29,34)(H,30,33)/t12?,17-/m1/s1. The van der Waals surface area contributed by atoms with Crippen molar-refractivity contribution in [3.05, 3.63) is 74.7 Å². The topological polar surface area (TPSA) is 91.0 Å². The van der Waals surface area contributed by atoms with Crippen molar-refractivity contribution in [1.82, 2.24) is 20.1 Å². The van der Waals surface area contributed by atoms with Crippen LogP contribution in [0.1, 0.15) is 35.8 Å². The first-order chi connectivity index (χ1) is 16.1. The van der Waals surface area contributed by atoms with Gasteiger partial charge in [0.2, 0.25) is 0 Å². The Bertz CT molecular complexity index is 1340. The first kappa shape index (κ1) is 22.3. The molecule has 2 amide bonds. The SMILES string of the molecule is O=C(Nc1cc(Cl)c(-c2ccc(C(F)(F)F)nc2)cc1F)N1C2CC[C@@H]1c1n[nH]c(=O)cc1C2. The van der Waals surface area contributed by atoms with Crippen LogP contribution in [0.4, 0.5) is 28.0 Å². The number of nitrogens with zero attached hydrogens (tertiary/aromatic N) is 3. The summed E-state index contributed by atoms with van der Waals surface area (Å²) in [6, 6.07) is 4.62. The number of H-pyrrole nitrogens is 1. The first-order valence-electron chi connectivity index (χ1n) is 10.3. The monoisotopic (exact) mass is 493 g/mol. The number of benzene rings is 1. The number of aromatic nitrogens is 3. The minimum atomic E-state index is -4.60. The van der Waals surface area contributed by atoms with Gasteiger partial charge in [-0.3, -0.25) is 9.78 Å². The number of alkyl halides is 3. The Kier molecular flexibility index (Phi) is 5.31. The number of pyridine rings is 1. The van der Waals surface area contributed by atoms with Crippen molar-refractivity contribution in [1.29, 1.82) is 0 Å². The Hall–Kier alpha value is -3.47. The van der Waals surface area contributed by atoms with Crippen LogP contribution in [0, 0.1) is 5.82 Å². The predicted molar refractivity (Wildman–Crippen MR) is 115 cm³/mol. The molecule has 3 aromatic rings. The van der Waals surface area contributed by atoms with E-state index in [4.69, 9.17) is 11.6 Å². The Morgan fingerprint density at radius 2 is 2.00 bits per heavy atom. The lowest BCUT2D eigenvalue weighted by Crippen LogP contribution is -2.45. The van der Waals surface area contributed by atoms with E-state index in [0.29, 0.717) is 25.0 Å². The summed E-state index contributed by atoms with van der Waals surface area (Å²) in [6.45, 7) is 0. The number of halogens is 5. The van der Waals surface area contributed by atoms with Crippen molar-refractivity contribution in [3.8, 4) is 11.1 Å². The second-order valence-electron chi connectivity index (χ2n) is 8.17. The van der Waals surface area contributed by atoms with Crippen molar-refractivity contribution < 1.29 is 22.4 Å². The molecule has 2 bridgehead atoms. The van der Waals surface area contributed by atoms with E-state index in [1.165, 1.54) is 12.1 Å². The maximum Gasteiger partial charge on any atom is 0.433 e. The quantitative estimate of drug-likeness (QED) is 0.495. The summed E-state index contributed by atoms with van der Waals surface area (Å²) in [4.78, 5) is 29.6. The molecular weight excluding hydrogens is 478 g/mol. The molecule has 12 heteroatoms. The van der Waals surface area contributed by atoms with Gasteiger partial charge in [-0.25, -0.2) is 14.3 Å². The normalized spacial score (nSPS) is 19.1. The summed E-state index contributed by atoms with van der Waals surface area (Å²) in [6.07, 6.45) is -1.79. The number of aromatic amines is 1. The van der Waals surface area contributed by atoms with Crippen LogP contribution in [-0.4, -0.2) is 32.2 Å². The van der Waals surface area contributed by atoms with Gasteiger partial charge < -0.3 is 10.2 Å². The zero-order valence-corrected chi connectivity index (χ0v) is 18.0. The molecule has 1 saturated heterocycles. The van der Waals surface area contributed by atoms with Crippen LogP contribution in [0.3, 0.4) is 0 Å². The van der Waals surface area contributed by atoms with E-state index in [1.54, 1.807) is 4.90 Å². The molecular formula is C22H16ClF4N5O2. The number of carbonyl (C=O) groups excluding carboxylic acids is 1. The Balaban J connectivity index is 1.38. The molecule has 4 heterocycles. The molecule has 2 aliphatic heterocycles. The summed E-state index contributed by atoms with van der Waals surface area (Å²) >= 11 is 6.26. The Morgan fingerprint density at radius 1 is 1.21 bits per heavy atom. The van der Waals surface area contributed by atoms with Crippen molar-refractivity contribution in [3.63, 3.8) is 0 Å². The van der Waals surface area contributed by atoms with Gasteiger partial charge in [0, 0.05) is 29.4 Å². The molecule has 7 nitrogen and oxygen atoms in total. The molecule has 0 spiro atoms. The van der Waals surface area contributed by atoms with Crippen molar-refractivity contribution >= 4 is 23.3 Å². The molecule has 176 valence electrons. The van der Waals surface area contributed by atoms with Crippen molar-refractivity contribution in [2.45, 2.75) is 37.5 Å². The van der Waals surface area contributed by atoms with Gasteiger partial charge in [0.15, 0.2) is 0 Å². The third-order valence-electron chi connectivity index (χ3n) is 6.09. The lowest BCUT2D eigenvalue weighted by molar-refractivity contribution is -0.141. The molecule has 1 aromatic carbocycles. The average Bonchev–Trinajstić information content (AvgIpc) is 3.10. The highest BCUT2D eigenvalue weighted by molar-refractivity contribution is 6.33. The van der Waals surface area contributed by atoms with E-state index >= 15 is 0 Å². The van der Waals surface area contributed by atoms with Gasteiger partial charge in [0.25, 0.3) is 5.56 Å². The van der Waals surface area contributed by atoms with Crippen molar-refractivity contribution in [2.75, 3.05) is 5.32 Å². The molecule has 34 heavy (non-hydrogen) atoms. The highest BCUT2D eigenvalue weighted by atomic mass is 35.5. The number of anilines is 1. The van der Waals surface area contributed by atoms with Gasteiger partial charge >= 0.3 is 12.2 Å². The van der Waals surface area contributed by atoms with E-state index in [1.807, 2.05) is 0 Å². The molecule has 0 radical (unpaired) electrons. The second-order valence-corrected chi connectivity index (χ2v) is 8.58. The molecule has 2 aromatic heterocycles. The number of nitrogens with one attached hydrogen (secondary N) is 2. The largest absolute Gasteiger partial charge is 0.433 e. The molecule has 5 rings (SSSR count). The van der Waals surface area contributed by atoms with E-state index in [2.05, 4.69) is 20.5 Å². The number of rotatable bonds is 2. The van der Waals surface area contributed by atoms with Crippen LogP contribution in [0.15, 0.2) is 41.3 Å². The van der Waals surface area contributed by atoms with E-state index in [-0.39, 0.29) is 39.5 Å². The van der Waals surface area contributed by atoms with Gasteiger partial charge in [-0.2, -0.15) is 18.3 Å². The highest BCUT2D eigenvalue weighted by Gasteiger charge is 2.44.